The van der Waals surface area contributed by atoms with E-state index in [0.717, 1.165) is 6.42 Å². The van der Waals surface area contributed by atoms with Crippen LogP contribution in [0.5, 0.6) is 0 Å². The number of Topliss-reactive ketones (excluding diaryl/α,β-unsaturated/α-hetero) is 1. The topological polar surface area (TPSA) is 29.1 Å². The molecule has 0 fully saturated rings. The highest BCUT2D eigenvalue weighted by Gasteiger charge is 2.23. The van der Waals surface area contributed by atoms with Gasteiger partial charge in [0.25, 0.3) is 0 Å². The Hall–Kier alpha value is -0.810. The lowest BCUT2D eigenvalue weighted by atomic mass is 9.95. The smallest absolute Gasteiger partial charge is 0.152 e. The van der Waals surface area contributed by atoms with Crippen LogP contribution < -0.4 is 5.32 Å². The van der Waals surface area contributed by atoms with Gasteiger partial charge in [-0.15, -0.1) is 12.3 Å². The number of carbonyl (C=O) groups excluding carboxylic acids is 1. The molecular weight excluding hydrogens is 150 g/mol. The number of nitrogens with one attached hydrogen (secondary N) is 1. The molecule has 68 valence electrons. The van der Waals surface area contributed by atoms with Gasteiger partial charge in [0.05, 0.1) is 5.54 Å². The molecule has 2 nitrogen and oxygen atoms in total. The average Bonchev–Trinajstić information content (AvgIpc) is 2.05. The normalized spacial score (nSPS) is 10.8. The first-order chi connectivity index (χ1) is 5.54. The average molecular weight is 167 g/mol. The molecule has 0 amide bonds. The number of likely N-dealkylation sites (N-methyl/N-ethyl adjacent to an activating group) is 1. The van der Waals surface area contributed by atoms with Gasteiger partial charge in [0.2, 0.25) is 0 Å². The molecular formula is C10H17NO. The van der Waals surface area contributed by atoms with Crippen molar-refractivity contribution in [3.05, 3.63) is 0 Å². The maximum atomic E-state index is 11.4. The van der Waals surface area contributed by atoms with Crippen molar-refractivity contribution in [1.82, 2.24) is 5.32 Å². The van der Waals surface area contributed by atoms with E-state index in [9.17, 15) is 4.79 Å². The summed E-state index contributed by atoms with van der Waals surface area (Å²) in [5, 5.41) is 2.97. The maximum Gasteiger partial charge on any atom is 0.152 e. The fourth-order valence-corrected chi connectivity index (χ4v) is 0.803. The first kappa shape index (κ1) is 11.2. The van der Waals surface area contributed by atoms with E-state index in [1.54, 1.807) is 7.05 Å². The predicted octanol–water partition coefficient (Wildman–Crippen LogP) is 1.36. The van der Waals surface area contributed by atoms with Crippen LogP contribution in [-0.4, -0.2) is 18.4 Å². The summed E-state index contributed by atoms with van der Waals surface area (Å²) < 4.78 is 0. The summed E-state index contributed by atoms with van der Waals surface area (Å²) in [6.45, 7) is 3.76. The largest absolute Gasteiger partial charge is 0.308 e. The van der Waals surface area contributed by atoms with Crippen molar-refractivity contribution >= 4 is 5.78 Å². The molecule has 0 saturated carbocycles. The fraction of sp³-hybridized carbons (Fsp3) is 0.700. The van der Waals surface area contributed by atoms with E-state index in [-0.39, 0.29) is 5.78 Å². The lowest BCUT2D eigenvalue weighted by molar-refractivity contribution is -0.124. The third-order valence-electron chi connectivity index (χ3n) is 2.05. The van der Waals surface area contributed by atoms with E-state index < -0.39 is 5.54 Å². The van der Waals surface area contributed by atoms with E-state index in [1.807, 2.05) is 13.8 Å². The quantitative estimate of drug-likeness (QED) is 0.495. The standard InChI is InChI=1S/C10H17NO/c1-5-6-7-8-9(12)10(2,3)11-4/h1,11H,6-8H2,2-4H3. The van der Waals surface area contributed by atoms with E-state index in [0.29, 0.717) is 12.8 Å². The molecule has 0 spiro atoms. The number of unbranched alkanes of at least 4 members (excludes halogenated alkanes) is 1. The minimum Gasteiger partial charge on any atom is -0.308 e. The Morgan fingerprint density at radius 1 is 1.58 bits per heavy atom. The molecule has 0 unspecified atom stereocenters. The van der Waals surface area contributed by atoms with Crippen LogP contribution in [0, 0.1) is 12.3 Å². The summed E-state index contributed by atoms with van der Waals surface area (Å²) in [4.78, 5) is 11.4. The fourth-order valence-electron chi connectivity index (χ4n) is 0.803. The zero-order valence-electron chi connectivity index (χ0n) is 8.11. The lowest BCUT2D eigenvalue weighted by Gasteiger charge is -2.21. The number of rotatable bonds is 5. The summed E-state index contributed by atoms with van der Waals surface area (Å²) in [6.07, 6.45) is 7.13. The van der Waals surface area contributed by atoms with E-state index in [2.05, 4.69) is 11.2 Å². The molecule has 0 aromatic carbocycles. The molecule has 0 aliphatic rings. The number of hydrogen-bond donors (Lipinski definition) is 1. The van der Waals surface area contributed by atoms with Crippen LogP contribution >= 0.6 is 0 Å². The van der Waals surface area contributed by atoms with Gasteiger partial charge >= 0.3 is 0 Å². The zero-order valence-corrected chi connectivity index (χ0v) is 8.11. The van der Waals surface area contributed by atoms with Crippen molar-refractivity contribution in [2.45, 2.75) is 38.6 Å². The highest BCUT2D eigenvalue weighted by Crippen LogP contribution is 2.08. The minimum absolute atomic E-state index is 0.222. The minimum atomic E-state index is -0.408. The molecule has 0 radical (unpaired) electrons. The Morgan fingerprint density at radius 3 is 2.58 bits per heavy atom. The Morgan fingerprint density at radius 2 is 2.17 bits per heavy atom. The van der Waals surface area contributed by atoms with Crippen molar-refractivity contribution in [2.24, 2.45) is 0 Å². The van der Waals surface area contributed by atoms with Crippen molar-refractivity contribution < 1.29 is 4.79 Å². The van der Waals surface area contributed by atoms with Gasteiger partial charge in [-0.2, -0.15) is 0 Å². The third kappa shape index (κ3) is 3.54. The van der Waals surface area contributed by atoms with Crippen molar-refractivity contribution in [1.29, 1.82) is 0 Å². The third-order valence-corrected chi connectivity index (χ3v) is 2.05. The molecule has 0 aliphatic carbocycles. The zero-order chi connectivity index (χ0) is 9.61. The van der Waals surface area contributed by atoms with Crippen molar-refractivity contribution in [2.75, 3.05) is 7.05 Å². The summed E-state index contributed by atoms with van der Waals surface area (Å²) >= 11 is 0. The maximum absolute atomic E-state index is 11.4. The summed E-state index contributed by atoms with van der Waals surface area (Å²) in [6, 6.07) is 0. The Balaban J connectivity index is 3.81. The van der Waals surface area contributed by atoms with Gasteiger partial charge in [0.1, 0.15) is 0 Å². The van der Waals surface area contributed by atoms with E-state index >= 15 is 0 Å². The SMILES string of the molecule is C#CCCCC(=O)C(C)(C)NC. The van der Waals surface area contributed by atoms with Gasteiger partial charge in [-0.3, -0.25) is 4.79 Å². The van der Waals surface area contributed by atoms with Crippen molar-refractivity contribution in [3.63, 3.8) is 0 Å². The van der Waals surface area contributed by atoms with E-state index in [4.69, 9.17) is 6.42 Å². The predicted molar refractivity (Wildman–Crippen MR) is 50.8 cm³/mol. The number of ketones is 1. The van der Waals surface area contributed by atoms with E-state index in [1.165, 1.54) is 0 Å². The van der Waals surface area contributed by atoms with Crippen LogP contribution in [0.1, 0.15) is 33.1 Å². The molecule has 0 aromatic heterocycles. The van der Waals surface area contributed by atoms with Gasteiger partial charge in [-0.1, -0.05) is 0 Å². The van der Waals surface area contributed by atoms with Gasteiger partial charge < -0.3 is 5.32 Å². The van der Waals surface area contributed by atoms with Crippen LogP contribution in [0.2, 0.25) is 0 Å². The molecule has 0 bridgehead atoms. The highest BCUT2D eigenvalue weighted by atomic mass is 16.1. The Kier molecular flexibility index (Phi) is 4.61. The molecule has 0 aromatic rings. The molecule has 2 heteroatoms. The monoisotopic (exact) mass is 167 g/mol. The molecule has 0 heterocycles. The van der Waals surface area contributed by atoms with Crippen LogP contribution in [0.15, 0.2) is 0 Å². The second-order valence-corrected chi connectivity index (χ2v) is 3.36. The van der Waals surface area contributed by atoms with Gasteiger partial charge in [0, 0.05) is 12.8 Å². The first-order valence-corrected chi connectivity index (χ1v) is 4.20. The van der Waals surface area contributed by atoms with Gasteiger partial charge in [-0.05, 0) is 27.3 Å². The number of hydrogen-bond acceptors (Lipinski definition) is 2. The molecule has 0 aliphatic heterocycles. The summed E-state index contributed by atoms with van der Waals surface area (Å²) in [5.74, 6) is 2.74. The molecule has 1 N–H and O–H groups in total. The lowest BCUT2D eigenvalue weighted by Crippen LogP contribution is -2.44. The Bertz CT molecular complexity index is 189. The van der Waals surface area contributed by atoms with Gasteiger partial charge in [0.15, 0.2) is 5.78 Å². The summed E-state index contributed by atoms with van der Waals surface area (Å²) in [5.41, 5.74) is -0.408. The number of terminal acetylenes is 1. The number of carbonyl (C=O) groups is 1. The van der Waals surface area contributed by atoms with Crippen LogP contribution in [0.4, 0.5) is 0 Å². The summed E-state index contributed by atoms with van der Waals surface area (Å²) in [7, 11) is 1.79. The molecule has 12 heavy (non-hydrogen) atoms. The molecule has 0 atom stereocenters. The molecule has 0 rings (SSSR count). The van der Waals surface area contributed by atoms with Crippen molar-refractivity contribution in [3.8, 4) is 12.3 Å². The second-order valence-electron chi connectivity index (χ2n) is 3.36. The second kappa shape index (κ2) is 4.95. The van der Waals surface area contributed by atoms with Crippen LogP contribution in [0.25, 0.3) is 0 Å². The van der Waals surface area contributed by atoms with Gasteiger partial charge in [-0.25, -0.2) is 0 Å². The highest BCUT2D eigenvalue weighted by molar-refractivity contribution is 5.87. The van der Waals surface area contributed by atoms with Crippen LogP contribution in [-0.2, 0) is 4.79 Å². The molecule has 0 saturated heterocycles. The Labute approximate surface area is 74.7 Å². The first-order valence-electron chi connectivity index (χ1n) is 4.20. The van der Waals surface area contributed by atoms with Crippen LogP contribution in [0.3, 0.4) is 0 Å².